The summed E-state index contributed by atoms with van der Waals surface area (Å²) in [4.78, 5) is 3.94. The topological polar surface area (TPSA) is 22.1 Å². The molecule has 1 heterocycles. The summed E-state index contributed by atoms with van der Waals surface area (Å²) in [7, 11) is 1.49. The first-order valence-corrected chi connectivity index (χ1v) is 5.94. The van der Waals surface area contributed by atoms with Crippen molar-refractivity contribution in [1.82, 2.24) is 4.98 Å². The predicted molar refractivity (Wildman–Crippen MR) is 68.9 cm³/mol. The first-order chi connectivity index (χ1) is 8.10. The number of pyridine rings is 1. The number of rotatable bonds is 2. The van der Waals surface area contributed by atoms with Crippen molar-refractivity contribution in [2.45, 2.75) is 0 Å². The summed E-state index contributed by atoms with van der Waals surface area (Å²) in [5.41, 5.74) is 1.07. The van der Waals surface area contributed by atoms with E-state index >= 15 is 0 Å². The monoisotopic (exact) mass is 315 g/mol. The van der Waals surface area contributed by atoms with Gasteiger partial charge in [-0.05, 0) is 29.8 Å². The van der Waals surface area contributed by atoms with Crippen LogP contribution < -0.4 is 4.74 Å². The number of ether oxygens (including phenoxy) is 1. The zero-order valence-corrected chi connectivity index (χ0v) is 11.2. The van der Waals surface area contributed by atoms with Crippen molar-refractivity contribution in [1.29, 1.82) is 0 Å². The highest BCUT2D eigenvalue weighted by Gasteiger charge is 2.09. The van der Waals surface area contributed by atoms with Gasteiger partial charge in [-0.15, -0.1) is 0 Å². The lowest BCUT2D eigenvalue weighted by molar-refractivity contribution is 0.398. The normalized spacial score (nSPS) is 10.4. The summed E-state index contributed by atoms with van der Waals surface area (Å²) in [5, 5.41) is 0.263. The summed E-state index contributed by atoms with van der Waals surface area (Å²) in [6, 6.07) is 7.94. The molecule has 0 spiro atoms. The zero-order chi connectivity index (χ0) is 12.4. The van der Waals surface area contributed by atoms with Crippen LogP contribution in [0.1, 0.15) is 0 Å². The first-order valence-electron chi connectivity index (χ1n) is 4.77. The molecule has 0 saturated carbocycles. The molecule has 0 aliphatic rings. The number of methoxy groups -OCH3 is 1. The van der Waals surface area contributed by atoms with Gasteiger partial charge in [0, 0.05) is 16.1 Å². The lowest BCUT2D eigenvalue weighted by Crippen LogP contribution is -1.91. The van der Waals surface area contributed by atoms with E-state index in [1.807, 2.05) is 0 Å². The second kappa shape index (κ2) is 5.02. The van der Waals surface area contributed by atoms with E-state index in [1.165, 1.54) is 13.2 Å². The number of hydrogen-bond acceptors (Lipinski definition) is 2. The molecule has 0 amide bonds. The second-order valence-corrected chi connectivity index (χ2v) is 4.65. The molecule has 1 aromatic carbocycles. The Balaban J connectivity index is 2.59. The van der Waals surface area contributed by atoms with E-state index in [4.69, 9.17) is 16.3 Å². The molecule has 0 saturated heterocycles. The highest BCUT2D eigenvalue weighted by molar-refractivity contribution is 9.10. The molecule has 0 N–H and O–H groups in total. The molecule has 1 aromatic heterocycles. The van der Waals surface area contributed by atoms with Gasteiger partial charge in [-0.3, -0.25) is 0 Å². The third-order valence-corrected chi connectivity index (χ3v) is 2.91. The van der Waals surface area contributed by atoms with Gasteiger partial charge in [-0.2, -0.15) is 0 Å². The minimum atomic E-state index is -0.322. The van der Waals surface area contributed by atoms with Crippen molar-refractivity contribution in [3.05, 3.63) is 45.8 Å². The molecule has 0 aliphatic carbocycles. The molecule has 0 radical (unpaired) electrons. The molecule has 0 aliphatic heterocycles. The largest absolute Gasteiger partial charge is 0.481 e. The van der Waals surface area contributed by atoms with E-state index in [-0.39, 0.29) is 11.0 Å². The van der Waals surface area contributed by atoms with Crippen LogP contribution >= 0.6 is 27.5 Å². The Labute approximate surface area is 112 Å². The van der Waals surface area contributed by atoms with Gasteiger partial charge in [-0.25, -0.2) is 9.37 Å². The Morgan fingerprint density at radius 2 is 2.06 bits per heavy atom. The van der Waals surface area contributed by atoms with Crippen LogP contribution in [0.4, 0.5) is 4.39 Å². The molecule has 0 atom stereocenters. The Bertz CT molecular complexity index is 562. The van der Waals surface area contributed by atoms with Crippen molar-refractivity contribution < 1.29 is 9.13 Å². The van der Waals surface area contributed by atoms with Gasteiger partial charge >= 0.3 is 0 Å². The minimum Gasteiger partial charge on any atom is -0.481 e. The number of halogens is 3. The molecule has 5 heteroatoms. The Morgan fingerprint density at radius 1 is 1.29 bits per heavy atom. The third-order valence-electron chi connectivity index (χ3n) is 2.22. The fourth-order valence-corrected chi connectivity index (χ4v) is 2.01. The van der Waals surface area contributed by atoms with Crippen LogP contribution in [0.25, 0.3) is 11.1 Å². The third kappa shape index (κ3) is 2.76. The van der Waals surface area contributed by atoms with E-state index in [0.29, 0.717) is 17.0 Å². The van der Waals surface area contributed by atoms with Crippen LogP contribution in [-0.4, -0.2) is 12.1 Å². The van der Waals surface area contributed by atoms with Crippen LogP contribution in [0.2, 0.25) is 5.15 Å². The van der Waals surface area contributed by atoms with E-state index in [0.717, 1.165) is 4.47 Å². The molecule has 2 nitrogen and oxygen atoms in total. The van der Waals surface area contributed by atoms with E-state index in [1.54, 1.807) is 24.3 Å². The maximum absolute atomic E-state index is 13.7. The average Bonchev–Trinajstić information content (AvgIpc) is 2.31. The standard InChI is InChI=1S/C12H8BrClFNO/c1-17-12-5-7(4-11(14)16-12)9-6-8(13)2-3-10(9)15/h2-6H,1H3. The first kappa shape index (κ1) is 12.3. The molecular formula is C12H8BrClFNO. The average molecular weight is 317 g/mol. The maximum Gasteiger partial charge on any atom is 0.214 e. The van der Waals surface area contributed by atoms with Crippen LogP contribution in [0, 0.1) is 5.82 Å². The van der Waals surface area contributed by atoms with Crippen molar-refractivity contribution in [2.75, 3.05) is 7.11 Å². The van der Waals surface area contributed by atoms with Crippen LogP contribution in [-0.2, 0) is 0 Å². The maximum atomic E-state index is 13.7. The molecule has 17 heavy (non-hydrogen) atoms. The van der Waals surface area contributed by atoms with Gasteiger partial charge < -0.3 is 4.74 Å². The molecule has 0 fully saturated rings. The lowest BCUT2D eigenvalue weighted by Gasteiger charge is -2.07. The van der Waals surface area contributed by atoms with Crippen LogP contribution in [0.5, 0.6) is 5.88 Å². The summed E-state index contributed by atoms with van der Waals surface area (Å²) in [6.07, 6.45) is 0. The Morgan fingerprint density at radius 3 is 2.76 bits per heavy atom. The second-order valence-electron chi connectivity index (χ2n) is 3.35. The van der Waals surface area contributed by atoms with Crippen molar-refractivity contribution in [2.24, 2.45) is 0 Å². The zero-order valence-electron chi connectivity index (χ0n) is 8.88. The van der Waals surface area contributed by atoms with Crippen molar-refractivity contribution in [3.63, 3.8) is 0 Å². The summed E-state index contributed by atoms with van der Waals surface area (Å²) in [6.45, 7) is 0. The van der Waals surface area contributed by atoms with Gasteiger partial charge in [0.1, 0.15) is 11.0 Å². The molecule has 0 bridgehead atoms. The molecular weight excluding hydrogens is 308 g/mol. The SMILES string of the molecule is COc1cc(-c2cc(Br)ccc2F)cc(Cl)n1. The van der Waals surface area contributed by atoms with Crippen molar-refractivity contribution in [3.8, 4) is 17.0 Å². The number of aromatic nitrogens is 1. The van der Waals surface area contributed by atoms with Gasteiger partial charge in [0.25, 0.3) is 0 Å². The van der Waals surface area contributed by atoms with Crippen molar-refractivity contribution >= 4 is 27.5 Å². The molecule has 0 unspecified atom stereocenters. The van der Waals surface area contributed by atoms with E-state index in [9.17, 15) is 4.39 Å². The summed E-state index contributed by atoms with van der Waals surface area (Å²) in [5.74, 6) is 0.0318. The highest BCUT2D eigenvalue weighted by Crippen LogP contribution is 2.29. The summed E-state index contributed by atoms with van der Waals surface area (Å²) < 4.78 is 19.5. The molecule has 2 aromatic rings. The molecule has 88 valence electrons. The van der Waals surface area contributed by atoms with Crippen LogP contribution in [0.15, 0.2) is 34.8 Å². The van der Waals surface area contributed by atoms with E-state index in [2.05, 4.69) is 20.9 Å². The van der Waals surface area contributed by atoms with Crippen LogP contribution in [0.3, 0.4) is 0 Å². The van der Waals surface area contributed by atoms with Gasteiger partial charge in [0.05, 0.1) is 7.11 Å². The summed E-state index contributed by atoms with van der Waals surface area (Å²) >= 11 is 9.15. The number of nitrogens with zero attached hydrogens (tertiary/aromatic N) is 1. The highest BCUT2D eigenvalue weighted by atomic mass is 79.9. The Hall–Kier alpha value is -1.13. The molecule has 2 rings (SSSR count). The Kier molecular flexibility index (Phi) is 3.64. The van der Waals surface area contributed by atoms with Gasteiger partial charge in [0.15, 0.2) is 0 Å². The predicted octanol–water partition coefficient (Wildman–Crippen LogP) is 4.31. The number of hydrogen-bond donors (Lipinski definition) is 0. The smallest absolute Gasteiger partial charge is 0.214 e. The minimum absolute atomic E-state index is 0.263. The van der Waals surface area contributed by atoms with E-state index < -0.39 is 0 Å². The number of benzene rings is 1. The fourth-order valence-electron chi connectivity index (χ4n) is 1.45. The van der Waals surface area contributed by atoms with Gasteiger partial charge in [0.2, 0.25) is 5.88 Å². The van der Waals surface area contributed by atoms with Gasteiger partial charge in [-0.1, -0.05) is 27.5 Å². The quantitative estimate of drug-likeness (QED) is 0.770. The fraction of sp³-hybridized carbons (Fsp3) is 0.0833. The lowest BCUT2D eigenvalue weighted by atomic mass is 10.1.